The Balaban J connectivity index is 1.67. The van der Waals surface area contributed by atoms with E-state index in [1.54, 1.807) is 36.4 Å². The Bertz CT molecular complexity index is 1070. The molecule has 10 heteroatoms. The van der Waals surface area contributed by atoms with Crippen molar-refractivity contribution in [2.24, 2.45) is 5.73 Å². The van der Waals surface area contributed by atoms with E-state index in [4.69, 9.17) is 10.5 Å². The number of carbonyl (C=O) groups is 1. The van der Waals surface area contributed by atoms with Gasteiger partial charge in [-0.25, -0.2) is 4.98 Å². The van der Waals surface area contributed by atoms with E-state index in [0.717, 1.165) is 22.1 Å². The Labute approximate surface area is 170 Å². The lowest BCUT2D eigenvalue weighted by atomic mass is 10.0. The molecule has 7 nitrogen and oxygen atoms in total. The number of pyridine rings is 1. The second kappa shape index (κ2) is 7.69. The summed E-state index contributed by atoms with van der Waals surface area (Å²) in [5.41, 5.74) is 8.37. The lowest BCUT2D eigenvalue weighted by Gasteiger charge is -2.37. The summed E-state index contributed by atoms with van der Waals surface area (Å²) in [5.74, 6) is -0.665. The SMILES string of the molecule is C[C@@H]1CN(Cc2ccc3c(-c4cn[nH]c4)cc(C(N)=O)nc3c2)C[C@H](C(F)(F)F)O1. The molecule has 1 amide bonds. The molecule has 2 atom stereocenters. The van der Waals surface area contributed by atoms with Crippen molar-refractivity contribution in [1.82, 2.24) is 20.1 Å². The van der Waals surface area contributed by atoms with Crippen LogP contribution in [0.4, 0.5) is 13.2 Å². The normalized spacial score (nSPS) is 20.5. The van der Waals surface area contributed by atoms with Crippen molar-refractivity contribution in [2.45, 2.75) is 31.9 Å². The maximum Gasteiger partial charge on any atom is 0.415 e. The largest absolute Gasteiger partial charge is 0.415 e. The van der Waals surface area contributed by atoms with Crippen molar-refractivity contribution in [3.63, 3.8) is 0 Å². The molecule has 158 valence electrons. The molecule has 4 rings (SSSR count). The second-order valence-electron chi connectivity index (χ2n) is 7.43. The minimum Gasteiger partial charge on any atom is -0.364 e. The number of aromatic amines is 1. The fourth-order valence-corrected chi connectivity index (χ4v) is 3.74. The molecule has 0 saturated carbocycles. The van der Waals surface area contributed by atoms with E-state index in [1.807, 2.05) is 12.1 Å². The average molecular weight is 419 g/mol. The van der Waals surface area contributed by atoms with Crippen molar-refractivity contribution in [3.8, 4) is 11.1 Å². The summed E-state index contributed by atoms with van der Waals surface area (Å²) in [6, 6.07) is 7.07. The van der Waals surface area contributed by atoms with Gasteiger partial charge in [-0.3, -0.25) is 14.8 Å². The number of benzene rings is 1. The summed E-state index contributed by atoms with van der Waals surface area (Å²) in [4.78, 5) is 17.8. The fraction of sp³-hybridized carbons (Fsp3) is 0.350. The zero-order chi connectivity index (χ0) is 21.5. The van der Waals surface area contributed by atoms with Gasteiger partial charge in [0.1, 0.15) is 5.69 Å². The number of primary amides is 1. The zero-order valence-electron chi connectivity index (χ0n) is 16.1. The summed E-state index contributed by atoms with van der Waals surface area (Å²) >= 11 is 0. The number of hydrogen-bond donors (Lipinski definition) is 2. The Morgan fingerprint density at radius 3 is 2.80 bits per heavy atom. The highest BCUT2D eigenvalue weighted by atomic mass is 19.4. The van der Waals surface area contributed by atoms with E-state index in [9.17, 15) is 18.0 Å². The number of morpholine rings is 1. The first kappa shape index (κ1) is 20.3. The van der Waals surface area contributed by atoms with E-state index in [-0.39, 0.29) is 12.2 Å². The molecule has 0 radical (unpaired) electrons. The van der Waals surface area contributed by atoms with Crippen molar-refractivity contribution >= 4 is 16.8 Å². The quantitative estimate of drug-likeness (QED) is 0.678. The van der Waals surface area contributed by atoms with Gasteiger partial charge in [0.25, 0.3) is 5.91 Å². The molecule has 1 fully saturated rings. The number of ether oxygens (including phenoxy) is 1. The first-order chi connectivity index (χ1) is 14.2. The standard InChI is InChI=1S/C20H20F3N5O2/c1-11-8-28(10-18(30-11)20(21,22)23)9-12-2-3-14-15(13-6-25-26-7-13)5-17(19(24)29)27-16(14)4-12/h2-7,11,18H,8-10H2,1H3,(H2,24,29)(H,25,26)/t11-,18-/m1/s1. The maximum atomic E-state index is 13.1. The molecule has 3 aromatic rings. The van der Waals surface area contributed by atoms with E-state index in [0.29, 0.717) is 18.6 Å². The molecule has 1 aliphatic heterocycles. The summed E-state index contributed by atoms with van der Waals surface area (Å²) in [6.45, 7) is 2.09. The third kappa shape index (κ3) is 4.14. The lowest BCUT2D eigenvalue weighted by molar-refractivity contribution is -0.252. The number of nitrogens with one attached hydrogen (secondary N) is 1. The van der Waals surface area contributed by atoms with Crippen LogP contribution in [0.1, 0.15) is 23.0 Å². The van der Waals surface area contributed by atoms with Crippen LogP contribution >= 0.6 is 0 Å². The van der Waals surface area contributed by atoms with E-state index >= 15 is 0 Å². The number of amides is 1. The molecule has 3 heterocycles. The third-order valence-electron chi connectivity index (χ3n) is 5.04. The molecule has 0 aliphatic carbocycles. The lowest BCUT2D eigenvalue weighted by Crippen LogP contribution is -2.51. The van der Waals surface area contributed by atoms with Gasteiger partial charge in [-0.1, -0.05) is 12.1 Å². The van der Waals surface area contributed by atoms with Gasteiger partial charge in [0, 0.05) is 36.8 Å². The number of hydrogen-bond acceptors (Lipinski definition) is 5. The van der Waals surface area contributed by atoms with Gasteiger partial charge in [-0.2, -0.15) is 18.3 Å². The minimum atomic E-state index is -4.41. The van der Waals surface area contributed by atoms with Crippen LogP contribution in [0, 0.1) is 0 Å². The predicted octanol–water partition coefficient (Wildman–Crippen LogP) is 2.88. The summed E-state index contributed by atoms with van der Waals surface area (Å²) in [5, 5.41) is 7.45. The van der Waals surface area contributed by atoms with Gasteiger partial charge < -0.3 is 10.5 Å². The van der Waals surface area contributed by atoms with E-state index in [1.165, 1.54) is 0 Å². The molecule has 0 spiro atoms. The van der Waals surface area contributed by atoms with Crippen LogP contribution in [0.3, 0.4) is 0 Å². The van der Waals surface area contributed by atoms with Gasteiger partial charge >= 0.3 is 6.18 Å². The molecule has 2 aromatic heterocycles. The number of rotatable bonds is 4. The Morgan fingerprint density at radius 1 is 1.33 bits per heavy atom. The number of fused-ring (bicyclic) bond motifs is 1. The Hall–Kier alpha value is -2.98. The number of carbonyl (C=O) groups excluding carboxylic acids is 1. The van der Waals surface area contributed by atoms with E-state index < -0.39 is 24.3 Å². The van der Waals surface area contributed by atoms with Crippen molar-refractivity contribution in [3.05, 3.63) is 47.9 Å². The molecule has 30 heavy (non-hydrogen) atoms. The molecule has 3 N–H and O–H groups in total. The molecule has 0 unspecified atom stereocenters. The van der Waals surface area contributed by atoms with Gasteiger partial charge in [0.05, 0.1) is 17.8 Å². The monoisotopic (exact) mass is 419 g/mol. The molecular formula is C20H20F3N5O2. The number of halogens is 3. The van der Waals surface area contributed by atoms with E-state index in [2.05, 4.69) is 15.2 Å². The van der Waals surface area contributed by atoms with Crippen LogP contribution in [0.5, 0.6) is 0 Å². The van der Waals surface area contributed by atoms with Gasteiger partial charge in [0.15, 0.2) is 6.10 Å². The van der Waals surface area contributed by atoms with Gasteiger partial charge in [-0.05, 0) is 30.2 Å². The minimum absolute atomic E-state index is 0.105. The average Bonchev–Trinajstić information content (AvgIpc) is 3.20. The molecular weight excluding hydrogens is 399 g/mol. The number of alkyl halides is 3. The highest BCUT2D eigenvalue weighted by Crippen LogP contribution is 2.31. The van der Waals surface area contributed by atoms with Crippen molar-refractivity contribution < 1.29 is 22.7 Å². The van der Waals surface area contributed by atoms with Crippen molar-refractivity contribution in [1.29, 1.82) is 0 Å². The zero-order valence-corrected chi connectivity index (χ0v) is 16.1. The molecule has 1 aromatic carbocycles. The van der Waals surface area contributed by atoms with Crippen LogP contribution in [0.2, 0.25) is 0 Å². The smallest absolute Gasteiger partial charge is 0.364 e. The van der Waals surface area contributed by atoms with Crippen LogP contribution in [0.25, 0.3) is 22.0 Å². The summed E-state index contributed by atoms with van der Waals surface area (Å²) in [7, 11) is 0. The molecule has 1 aliphatic rings. The predicted molar refractivity (Wildman–Crippen MR) is 104 cm³/mol. The molecule has 0 bridgehead atoms. The van der Waals surface area contributed by atoms with Gasteiger partial charge in [0.2, 0.25) is 0 Å². The number of aromatic nitrogens is 3. The topological polar surface area (TPSA) is 97.1 Å². The van der Waals surface area contributed by atoms with Crippen LogP contribution in [-0.4, -0.2) is 57.5 Å². The third-order valence-corrected chi connectivity index (χ3v) is 5.04. The summed E-state index contributed by atoms with van der Waals surface area (Å²) < 4.78 is 44.4. The molecule has 1 saturated heterocycles. The number of nitrogens with two attached hydrogens (primary N) is 1. The fourth-order valence-electron chi connectivity index (χ4n) is 3.74. The van der Waals surface area contributed by atoms with Crippen LogP contribution < -0.4 is 5.73 Å². The first-order valence-electron chi connectivity index (χ1n) is 9.38. The Kier molecular flexibility index (Phi) is 5.20. The van der Waals surface area contributed by atoms with Gasteiger partial charge in [-0.15, -0.1) is 0 Å². The number of H-pyrrole nitrogens is 1. The first-order valence-corrected chi connectivity index (χ1v) is 9.38. The number of nitrogens with zero attached hydrogens (tertiary/aromatic N) is 3. The van der Waals surface area contributed by atoms with Crippen molar-refractivity contribution in [2.75, 3.05) is 13.1 Å². The second-order valence-corrected chi connectivity index (χ2v) is 7.43. The summed E-state index contributed by atoms with van der Waals surface area (Å²) in [6.07, 6.45) is -3.43. The maximum absolute atomic E-state index is 13.1. The highest BCUT2D eigenvalue weighted by Gasteiger charge is 2.44. The highest BCUT2D eigenvalue weighted by molar-refractivity contribution is 6.00. The Morgan fingerprint density at radius 2 is 2.13 bits per heavy atom. The van der Waals surface area contributed by atoms with Crippen LogP contribution in [0.15, 0.2) is 36.7 Å². The van der Waals surface area contributed by atoms with Crippen LogP contribution in [-0.2, 0) is 11.3 Å².